The van der Waals surface area contributed by atoms with Gasteiger partial charge in [-0.1, -0.05) is 6.07 Å². The second-order valence-electron chi connectivity index (χ2n) is 9.59. The van der Waals surface area contributed by atoms with E-state index in [1.165, 1.54) is 21.1 Å². The van der Waals surface area contributed by atoms with Crippen LogP contribution >= 0.6 is 23.1 Å². The van der Waals surface area contributed by atoms with Gasteiger partial charge in [0.2, 0.25) is 11.8 Å². The summed E-state index contributed by atoms with van der Waals surface area (Å²) in [5.74, 6) is -4.48. The number of hydrogen-bond donors (Lipinski definition) is 4. The summed E-state index contributed by atoms with van der Waals surface area (Å²) in [7, 11) is 1.71. The molecule has 2 aromatic rings. The minimum Gasteiger partial charge on any atom is -0.480 e. The number of nitrogens with zero attached hydrogens (tertiary/aromatic N) is 3. The molecule has 4 amide bonds. The van der Waals surface area contributed by atoms with Crippen LogP contribution in [0.2, 0.25) is 0 Å². The number of carbonyl (C=O) groups is 6. The summed E-state index contributed by atoms with van der Waals surface area (Å²) in [6.07, 6.45) is 1.82. The molecule has 2 saturated heterocycles. The molecule has 4 N–H and O–H groups in total. The van der Waals surface area contributed by atoms with Gasteiger partial charge in [0, 0.05) is 51.3 Å². The highest BCUT2D eigenvalue weighted by molar-refractivity contribution is 8.00. The number of amides is 4. The Hall–Kier alpha value is -3.85. The van der Waals surface area contributed by atoms with E-state index in [1.807, 2.05) is 0 Å². The fourth-order valence-electron chi connectivity index (χ4n) is 4.91. The smallest absolute Gasteiger partial charge is 0.326 e. The summed E-state index contributed by atoms with van der Waals surface area (Å²) in [5.41, 5.74) is 0.403. The van der Waals surface area contributed by atoms with Crippen LogP contribution in [0.25, 0.3) is 0 Å². The van der Waals surface area contributed by atoms with Crippen molar-refractivity contribution in [1.29, 1.82) is 0 Å². The zero-order valence-corrected chi connectivity index (χ0v) is 23.2. The Bertz CT molecular complexity index is 1300. The van der Waals surface area contributed by atoms with Crippen molar-refractivity contribution in [1.82, 2.24) is 25.0 Å². The molecule has 0 aliphatic carbocycles. The van der Waals surface area contributed by atoms with E-state index in [1.54, 1.807) is 47.5 Å². The van der Waals surface area contributed by atoms with E-state index in [0.29, 0.717) is 10.6 Å². The highest BCUT2D eigenvalue weighted by Gasteiger charge is 2.42. The number of thioether (sulfide) groups is 1. The maximum Gasteiger partial charge on any atom is 0.326 e. The number of hydrogen-bond acceptors (Lipinski definition) is 8. The van der Waals surface area contributed by atoms with Gasteiger partial charge >= 0.3 is 11.9 Å². The average Bonchev–Trinajstić information content (AvgIpc) is 3.69. The second kappa shape index (κ2) is 12.6. The number of carboxylic acid groups (broad SMARTS) is 2. The molecule has 40 heavy (non-hydrogen) atoms. The van der Waals surface area contributed by atoms with Crippen LogP contribution in [0.3, 0.4) is 0 Å². The summed E-state index contributed by atoms with van der Waals surface area (Å²) >= 11 is 2.21. The summed E-state index contributed by atoms with van der Waals surface area (Å²) < 4.78 is 1.63. The molecule has 4 heterocycles. The molecule has 0 aromatic carbocycles. The zero-order chi connectivity index (χ0) is 29.0. The lowest BCUT2D eigenvalue weighted by molar-refractivity contribution is -0.147. The van der Waals surface area contributed by atoms with E-state index in [4.69, 9.17) is 0 Å². The summed E-state index contributed by atoms with van der Waals surface area (Å²) in [6.45, 7) is 0.0382. The molecule has 0 bridgehead atoms. The third-order valence-electron chi connectivity index (χ3n) is 6.86. The van der Waals surface area contributed by atoms with Crippen LogP contribution in [0.5, 0.6) is 0 Å². The number of aromatic nitrogens is 1. The monoisotopic (exact) mass is 591 g/mol. The van der Waals surface area contributed by atoms with Gasteiger partial charge in [-0.25, -0.2) is 9.59 Å². The average molecular weight is 592 g/mol. The van der Waals surface area contributed by atoms with Crippen molar-refractivity contribution in [2.24, 2.45) is 7.05 Å². The van der Waals surface area contributed by atoms with Crippen LogP contribution in [0.15, 0.2) is 35.8 Å². The van der Waals surface area contributed by atoms with E-state index in [0.717, 1.165) is 11.8 Å². The summed E-state index contributed by atoms with van der Waals surface area (Å²) in [5, 5.41) is 26.5. The number of rotatable bonds is 10. The van der Waals surface area contributed by atoms with Gasteiger partial charge in [-0.2, -0.15) is 0 Å². The van der Waals surface area contributed by atoms with Crippen molar-refractivity contribution in [3.05, 3.63) is 46.4 Å². The SMILES string of the molecule is Cn1cccc1C(=O)N[C@H]1C[C@@H](C(=O)O)N(C(=O)CSCC(=O)N2C[C@@H](NC(=O)c3cccs3)C[C@H]2C(=O)O)C1. The minimum absolute atomic E-state index is 0.0132. The van der Waals surface area contributed by atoms with Crippen molar-refractivity contribution >= 4 is 58.7 Å². The van der Waals surface area contributed by atoms with Gasteiger partial charge in [0.05, 0.1) is 16.4 Å². The number of carbonyl (C=O) groups excluding carboxylic acids is 4. The fraction of sp³-hybridized carbons (Fsp3) is 0.440. The Labute approximate surface area is 237 Å². The number of carboxylic acids is 2. The fourth-order valence-corrected chi connectivity index (χ4v) is 6.32. The molecule has 2 fully saturated rings. The lowest BCUT2D eigenvalue weighted by Crippen LogP contribution is -2.43. The first-order valence-electron chi connectivity index (χ1n) is 12.4. The number of likely N-dealkylation sites (tertiary alicyclic amines) is 2. The first-order chi connectivity index (χ1) is 19.0. The first kappa shape index (κ1) is 29.1. The van der Waals surface area contributed by atoms with E-state index >= 15 is 0 Å². The van der Waals surface area contributed by atoms with Crippen LogP contribution in [0.4, 0.5) is 0 Å². The molecule has 2 aliphatic rings. The van der Waals surface area contributed by atoms with Gasteiger partial charge in [-0.15, -0.1) is 23.1 Å². The Kier molecular flexibility index (Phi) is 9.14. The second-order valence-corrected chi connectivity index (χ2v) is 11.5. The third kappa shape index (κ3) is 6.65. The van der Waals surface area contributed by atoms with E-state index < -0.39 is 47.9 Å². The Morgan fingerprint density at radius 2 is 1.43 bits per heavy atom. The normalized spacial score (nSPS) is 22.2. The maximum absolute atomic E-state index is 12.9. The van der Waals surface area contributed by atoms with Crippen LogP contribution in [0, 0.1) is 0 Å². The van der Waals surface area contributed by atoms with Gasteiger partial charge in [-0.05, 0) is 23.6 Å². The molecule has 0 spiro atoms. The van der Waals surface area contributed by atoms with Crippen molar-refractivity contribution < 1.29 is 39.0 Å². The molecule has 15 heteroatoms. The minimum atomic E-state index is -1.19. The molecule has 2 aliphatic heterocycles. The number of thiophene rings is 1. The van der Waals surface area contributed by atoms with Crippen LogP contribution in [0.1, 0.15) is 33.0 Å². The van der Waals surface area contributed by atoms with E-state index in [2.05, 4.69) is 10.6 Å². The van der Waals surface area contributed by atoms with Crippen molar-refractivity contribution in [2.45, 2.75) is 37.0 Å². The largest absolute Gasteiger partial charge is 0.480 e. The molecule has 4 rings (SSSR count). The third-order valence-corrected chi connectivity index (χ3v) is 8.63. The Balaban J connectivity index is 1.29. The number of aliphatic carboxylic acids is 2. The van der Waals surface area contributed by atoms with Gasteiger partial charge in [0.25, 0.3) is 11.8 Å². The quantitative estimate of drug-likeness (QED) is 0.298. The van der Waals surface area contributed by atoms with Crippen LogP contribution in [-0.4, -0.2) is 109 Å². The first-order valence-corrected chi connectivity index (χ1v) is 14.5. The topological polar surface area (TPSA) is 178 Å². The molecule has 2 aromatic heterocycles. The van der Waals surface area contributed by atoms with E-state index in [-0.39, 0.29) is 49.3 Å². The maximum atomic E-state index is 12.9. The molecule has 214 valence electrons. The molecular weight excluding hydrogens is 562 g/mol. The standard InChI is InChI=1S/C25H29N5O8S2/c1-28-6-2-4-16(28)22(33)26-14-8-17(24(35)36)29(10-14)20(31)12-39-13-21(32)30-11-15(9-18(30)25(37)38)27-23(34)19-5-3-7-40-19/h2-7,14-15,17-18H,8-13H2,1H3,(H,26,33)(H,27,34)(H,35,36)(H,37,38)/t14-,15-,17-,18-/m0/s1. The highest BCUT2D eigenvalue weighted by Crippen LogP contribution is 2.23. The lowest BCUT2D eigenvalue weighted by atomic mass is 10.1. The van der Waals surface area contributed by atoms with Gasteiger partial charge < -0.3 is 35.2 Å². The summed E-state index contributed by atoms with van der Waals surface area (Å²) in [6, 6.07) is 3.40. The number of nitrogens with one attached hydrogen (secondary N) is 2. The zero-order valence-electron chi connectivity index (χ0n) is 21.5. The predicted molar refractivity (Wildman–Crippen MR) is 145 cm³/mol. The molecule has 4 atom stereocenters. The summed E-state index contributed by atoms with van der Waals surface area (Å²) in [4.78, 5) is 77.1. The predicted octanol–water partition coefficient (Wildman–Crippen LogP) is 0.0878. The van der Waals surface area contributed by atoms with Crippen LogP contribution < -0.4 is 10.6 Å². The molecule has 13 nitrogen and oxygen atoms in total. The van der Waals surface area contributed by atoms with Crippen molar-refractivity contribution in [3.8, 4) is 0 Å². The lowest BCUT2D eigenvalue weighted by Gasteiger charge is -2.23. The Morgan fingerprint density at radius 1 is 0.875 bits per heavy atom. The molecule has 0 saturated carbocycles. The van der Waals surface area contributed by atoms with Crippen molar-refractivity contribution in [3.63, 3.8) is 0 Å². The van der Waals surface area contributed by atoms with Crippen LogP contribution in [-0.2, 0) is 26.2 Å². The van der Waals surface area contributed by atoms with Gasteiger partial charge in [0.1, 0.15) is 17.8 Å². The van der Waals surface area contributed by atoms with Gasteiger partial charge in [-0.3, -0.25) is 19.2 Å². The molecule has 0 radical (unpaired) electrons. The molecule has 0 unspecified atom stereocenters. The molecular formula is C25H29N5O8S2. The number of aryl methyl sites for hydroxylation is 1. The van der Waals surface area contributed by atoms with Gasteiger partial charge in [0.15, 0.2) is 0 Å². The van der Waals surface area contributed by atoms with E-state index in [9.17, 15) is 39.0 Å². The van der Waals surface area contributed by atoms with Crippen molar-refractivity contribution in [2.75, 3.05) is 24.6 Å². The Morgan fingerprint density at radius 3 is 1.88 bits per heavy atom. The highest BCUT2D eigenvalue weighted by atomic mass is 32.2.